The third kappa shape index (κ3) is 2.23. The van der Waals surface area contributed by atoms with Crippen LogP contribution in [0, 0.1) is 0 Å². The Morgan fingerprint density at radius 3 is 2.82 bits per heavy atom. The molecule has 1 fully saturated rings. The lowest BCUT2D eigenvalue weighted by Crippen LogP contribution is -2.57. The van der Waals surface area contributed by atoms with E-state index in [1.54, 1.807) is 30.1 Å². The maximum atomic E-state index is 13.0. The lowest BCUT2D eigenvalue weighted by Gasteiger charge is -2.44. The van der Waals surface area contributed by atoms with Crippen molar-refractivity contribution in [2.45, 2.75) is 32.4 Å². The number of hydrogen-bond acceptors (Lipinski definition) is 4. The van der Waals surface area contributed by atoms with Crippen LogP contribution in [0.1, 0.15) is 31.1 Å². The molecule has 1 atom stereocenters. The SMILES string of the molecule is C[C@H]1CN(C(=O)c2cccc3c2oc(=O)n3C)C(C)(C)CO1. The van der Waals surface area contributed by atoms with E-state index in [2.05, 4.69) is 0 Å². The molecule has 6 nitrogen and oxygen atoms in total. The number of aromatic nitrogens is 1. The molecule has 0 saturated carbocycles. The predicted molar refractivity (Wildman–Crippen MR) is 82.0 cm³/mol. The van der Waals surface area contributed by atoms with E-state index in [0.29, 0.717) is 29.8 Å². The summed E-state index contributed by atoms with van der Waals surface area (Å²) in [5, 5.41) is 0. The van der Waals surface area contributed by atoms with E-state index in [-0.39, 0.29) is 12.0 Å². The Hall–Kier alpha value is -2.08. The molecule has 0 bridgehead atoms. The van der Waals surface area contributed by atoms with Crippen LogP contribution in [-0.4, -0.2) is 40.2 Å². The molecule has 2 aromatic rings. The molecule has 3 rings (SSSR count). The van der Waals surface area contributed by atoms with E-state index in [1.807, 2.05) is 20.8 Å². The van der Waals surface area contributed by atoms with Gasteiger partial charge in [0.05, 0.1) is 29.3 Å². The third-order valence-corrected chi connectivity index (χ3v) is 4.19. The lowest BCUT2D eigenvalue weighted by atomic mass is 9.99. The first kappa shape index (κ1) is 14.8. The van der Waals surface area contributed by atoms with Crippen LogP contribution in [0.5, 0.6) is 0 Å². The van der Waals surface area contributed by atoms with E-state index in [1.165, 1.54) is 4.57 Å². The number of amides is 1. The first-order chi connectivity index (χ1) is 10.3. The summed E-state index contributed by atoms with van der Waals surface area (Å²) in [5.74, 6) is -0.607. The van der Waals surface area contributed by atoms with E-state index >= 15 is 0 Å². The first-order valence-electron chi connectivity index (χ1n) is 7.33. The minimum atomic E-state index is -0.468. The number of rotatable bonds is 1. The summed E-state index contributed by atoms with van der Waals surface area (Å²) < 4.78 is 12.3. The number of hydrogen-bond donors (Lipinski definition) is 0. The second-order valence-electron chi connectivity index (χ2n) is 6.43. The highest BCUT2D eigenvalue weighted by molar-refractivity contribution is 6.04. The van der Waals surface area contributed by atoms with Crippen LogP contribution in [0.4, 0.5) is 0 Å². The van der Waals surface area contributed by atoms with E-state index in [9.17, 15) is 9.59 Å². The van der Waals surface area contributed by atoms with Crippen LogP contribution in [-0.2, 0) is 11.8 Å². The van der Waals surface area contributed by atoms with Crippen LogP contribution < -0.4 is 5.76 Å². The van der Waals surface area contributed by atoms with Gasteiger partial charge in [-0.1, -0.05) is 6.07 Å². The van der Waals surface area contributed by atoms with E-state index in [4.69, 9.17) is 9.15 Å². The molecule has 0 N–H and O–H groups in total. The van der Waals surface area contributed by atoms with Gasteiger partial charge in [-0.3, -0.25) is 9.36 Å². The van der Waals surface area contributed by atoms with Crippen molar-refractivity contribution in [2.24, 2.45) is 7.05 Å². The fourth-order valence-electron chi connectivity index (χ4n) is 2.80. The molecule has 0 unspecified atom stereocenters. The summed E-state index contributed by atoms with van der Waals surface area (Å²) in [4.78, 5) is 26.5. The Bertz CT molecular complexity index is 787. The highest BCUT2D eigenvalue weighted by Crippen LogP contribution is 2.27. The van der Waals surface area contributed by atoms with Crippen molar-refractivity contribution in [1.82, 2.24) is 9.47 Å². The Morgan fingerprint density at radius 1 is 1.36 bits per heavy atom. The fourth-order valence-corrected chi connectivity index (χ4v) is 2.80. The van der Waals surface area contributed by atoms with Crippen molar-refractivity contribution < 1.29 is 13.9 Å². The van der Waals surface area contributed by atoms with Crippen molar-refractivity contribution in [3.8, 4) is 0 Å². The largest absolute Gasteiger partial charge is 0.419 e. The quantitative estimate of drug-likeness (QED) is 0.805. The molecule has 1 aliphatic rings. The standard InChI is InChI=1S/C16H20N2O4/c1-10-8-18(16(2,3)9-21-10)14(19)11-6-5-7-12-13(11)22-15(20)17(12)4/h5-7,10H,8-9H2,1-4H3/t10-/m0/s1. The number of para-hydroxylation sites is 1. The van der Waals surface area contributed by atoms with Crippen molar-refractivity contribution in [1.29, 1.82) is 0 Å². The van der Waals surface area contributed by atoms with Gasteiger partial charge < -0.3 is 14.1 Å². The van der Waals surface area contributed by atoms with Gasteiger partial charge in [-0.2, -0.15) is 0 Å². The number of carbonyl (C=O) groups excluding carboxylic acids is 1. The third-order valence-electron chi connectivity index (χ3n) is 4.19. The zero-order valence-corrected chi connectivity index (χ0v) is 13.3. The normalized spacial score (nSPS) is 21.3. The van der Waals surface area contributed by atoms with Gasteiger partial charge in [0.25, 0.3) is 5.91 Å². The zero-order valence-electron chi connectivity index (χ0n) is 13.3. The van der Waals surface area contributed by atoms with Gasteiger partial charge in [0, 0.05) is 13.6 Å². The fraction of sp³-hybridized carbons (Fsp3) is 0.500. The molecule has 1 amide bonds. The molecule has 0 radical (unpaired) electrons. The summed E-state index contributed by atoms with van der Waals surface area (Å²) in [6.07, 6.45) is -0.0149. The van der Waals surface area contributed by atoms with E-state index < -0.39 is 11.3 Å². The number of morpholine rings is 1. The molecule has 0 spiro atoms. The molecule has 22 heavy (non-hydrogen) atoms. The minimum absolute atomic E-state index is 0.0149. The van der Waals surface area contributed by atoms with Gasteiger partial charge in [-0.25, -0.2) is 4.79 Å². The number of aryl methyl sites for hydroxylation is 1. The molecule has 1 aliphatic heterocycles. The monoisotopic (exact) mass is 304 g/mol. The van der Waals surface area contributed by atoms with Crippen LogP contribution in [0.25, 0.3) is 11.1 Å². The number of carbonyl (C=O) groups is 1. The molecule has 6 heteroatoms. The molecule has 2 heterocycles. The highest BCUT2D eigenvalue weighted by atomic mass is 16.5. The number of oxazole rings is 1. The second kappa shape index (κ2) is 4.98. The Kier molecular flexibility index (Phi) is 3.36. The summed E-state index contributed by atoms with van der Waals surface area (Å²) in [6, 6.07) is 5.23. The number of fused-ring (bicyclic) bond motifs is 1. The zero-order chi connectivity index (χ0) is 16.1. The minimum Gasteiger partial charge on any atom is -0.407 e. The number of benzene rings is 1. The Labute approximate surface area is 128 Å². The van der Waals surface area contributed by atoms with Crippen LogP contribution in [0.2, 0.25) is 0 Å². The average Bonchev–Trinajstić information content (AvgIpc) is 2.76. The molecular formula is C16H20N2O4. The van der Waals surface area contributed by atoms with Gasteiger partial charge >= 0.3 is 5.76 Å². The number of nitrogens with zero attached hydrogens (tertiary/aromatic N) is 2. The van der Waals surface area contributed by atoms with Gasteiger partial charge in [0.1, 0.15) is 0 Å². The number of ether oxygens (including phenoxy) is 1. The predicted octanol–water partition coefficient (Wildman–Crippen LogP) is 1.77. The van der Waals surface area contributed by atoms with Gasteiger partial charge in [-0.05, 0) is 32.9 Å². The maximum absolute atomic E-state index is 13.0. The van der Waals surface area contributed by atoms with Crippen molar-refractivity contribution in [2.75, 3.05) is 13.2 Å². The van der Waals surface area contributed by atoms with Crippen LogP contribution in [0.15, 0.2) is 27.4 Å². The maximum Gasteiger partial charge on any atom is 0.419 e. The summed E-state index contributed by atoms with van der Waals surface area (Å²) in [5.41, 5.74) is 0.975. The lowest BCUT2D eigenvalue weighted by molar-refractivity contribution is -0.0755. The summed E-state index contributed by atoms with van der Waals surface area (Å²) >= 11 is 0. The Balaban J connectivity index is 2.09. The van der Waals surface area contributed by atoms with Crippen molar-refractivity contribution >= 4 is 17.0 Å². The van der Waals surface area contributed by atoms with Crippen molar-refractivity contribution in [3.05, 3.63) is 34.3 Å². The summed E-state index contributed by atoms with van der Waals surface area (Å²) in [6.45, 7) is 6.88. The molecule has 1 aromatic carbocycles. The first-order valence-corrected chi connectivity index (χ1v) is 7.33. The molecule has 0 aliphatic carbocycles. The van der Waals surface area contributed by atoms with Crippen molar-refractivity contribution in [3.63, 3.8) is 0 Å². The van der Waals surface area contributed by atoms with Gasteiger partial charge in [0.15, 0.2) is 5.58 Å². The molecule has 1 saturated heterocycles. The highest BCUT2D eigenvalue weighted by Gasteiger charge is 2.38. The van der Waals surface area contributed by atoms with Gasteiger partial charge in [-0.15, -0.1) is 0 Å². The Morgan fingerprint density at radius 2 is 2.09 bits per heavy atom. The second-order valence-corrected chi connectivity index (χ2v) is 6.43. The van der Waals surface area contributed by atoms with E-state index in [0.717, 1.165) is 0 Å². The molecular weight excluding hydrogens is 284 g/mol. The smallest absolute Gasteiger partial charge is 0.407 e. The van der Waals surface area contributed by atoms with Gasteiger partial charge in [0.2, 0.25) is 0 Å². The summed E-state index contributed by atoms with van der Waals surface area (Å²) in [7, 11) is 1.63. The molecule has 118 valence electrons. The topological polar surface area (TPSA) is 64.7 Å². The van der Waals surface area contributed by atoms with Crippen LogP contribution >= 0.6 is 0 Å². The van der Waals surface area contributed by atoms with Crippen LogP contribution in [0.3, 0.4) is 0 Å². The molecule has 1 aromatic heterocycles. The average molecular weight is 304 g/mol.